The summed E-state index contributed by atoms with van der Waals surface area (Å²) >= 11 is 5.50. The SMILES string of the molecule is C1CNCCN1.Clc1ccncc1. The molecule has 0 unspecified atom stereocenters. The van der Waals surface area contributed by atoms with Crippen molar-refractivity contribution in [3.8, 4) is 0 Å². The highest BCUT2D eigenvalue weighted by Crippen LogP contribution is 2.01. The van der Waals surface area contributed by atoms with Crippen molar-refractivity contribution in [1.29, 1.82) is 0 Å². The van der Waals surface area contributed by atoms with Gasteiger partial charge in [-0.3, -0.25) is 4.98 Å². The standard InChI is InChI=1S/C5H4ClN.C4H10N2/c6-5-1-3-7-4-2-5;1-2-6-4-3-5-1/h1-4H;5-6H,1-4H2. The van der Waals surface area contributed by atoms with Gasteiger partial charge in [-0.15, -0.1) is 0 Å². The number of nitrogens with zero attached hydrogens (tertiary/aromatic N) is 1. The first kappa shape index (κ1) is 10.4. The fourth-order valence-electron chi connectivity index (χ4n) is 0.937. The molecule has 0 radical (unpaired) electrons. The number of rotatable bonds is 0. The van der Waals surface area contributed by atoms with Gasteiger partial charge in [-0.05, 0) is 12.1 Å². The molecule has 4 heteroatoms. The Bertz CT molecular complexity index is 200. The number of aromatic nitrogens is 1. The summed E-state index contributed by atoms with van der Waals surface area (Å²) in [6, 6.07) is 3.48. The summed E-state index contributed by atoms with van der Waals surface area (Å²) in [7, 11) is 0. The predicted molar refractivity (Wildman–Crippen MR) is 55.0 cm³/mol. The van der Waals surface area contributed by atoms with Crippen LogP contribution in [0.5, 0.6) is 0 Å². The van der Waals surface area contributed by atoms with Crippen molar-refractivity contribution in [2.75, 3.05) is 26.2 Å². The first-order chi connectivity index (χ1) is 6.39. The fourth-order valence-corrected chi connectivity index (χ4v) is 1.05. The topological polar surface area (TPSA) is 37.0 Å². The maximum Gasteiger partial charge on any atom is 0.0436 e. The number of hydrogen-bond donors (Lipinski definition) is 2. The molecule has 1 aromatic heterocycles. The van der Waals surface area contributed by atoms with E-state index < -0.39 is 0 Å². The van der Waals surface area contributed by atoms with Crippen LogP contribution in [-0.2, 0) is 0 Å². The Hall–Kier alpha value is -0.640. The summed E-state index contributed by atoms with van der Waals surface area (Å²) in [4.78, 5) is 3.76. The van der Waals surface area contributed by atoms with E-state index in [9.17, 15) is 0 Å². The molecule has 0 amide bonds. The van der Waals surface area contributed by atoms with E-state index in [0.29, 0.717) is 0 Å². The van der Waals surface area contributed by atoms with Gasteiger partial charge in [-0.2, -0.15) is 0 Å². The Balaban J connectivity index is 0.000000132. The Kier molecular flexibility index (Phi) is 5.49. The van der Waals surface area contributed by atoms with Gasteiger partial charge in [0.15, 0.2) is 0 Å². The summed E-state index contributed by atoms with van der Waals surface area (Å²) in [5.74, 6) is 0. The van der Waals surface area contributed by atoms with E-state index in [0.717, 1.165) is 31.2 Å². The summed E-state index contributed by atoms with van der Waals surface area (Å²) in [6.45, 7) is 4.56. The van der Waals surface area contributed by atoms with Crippen molar-refractivity contribution in [3.63, 3.8) is 0 Å². The minimum atomic E-state index is 0.731. The van der Waals surface area contributed by atoms with E-state index in [-0.39, 0.29) is 0 Å². The van der Waals surface area contributed by atoms with Gasteiger partial charge in [0.25, 0.3) is 0 Å². The van der Waals surface area contributed by atoms with Gasteiger partial charge in [0.1, 0.15) is 0 Å². The van der Waals surface area contributed by atoms with Crippen LogP contribution in [0, 0.1) is 0 Å². The van der Waals surface area contributed by atoms with Gasteiger partial charge >= 0.3 is 0 Å². The van der Waals surface area contributed by atoms with Gasteiger partial charge < -0.3 is 10.6 Å². The third-order valence-electron chi connectivity index (χ3n) is 1.60. The number of piperazine rings is 1. The smallest absolute Gasteiger partial charge is 0.0436 e. The van der Waals surface area contributed by atoms with Gasteiger partial charge in [0, 0.05) is 43.6 Å². The Morgan fingerprint density at radius 2 is 1.46 bits per heavy atom. The van der Waals surface area contributed by atoms with E-state index >= 15 is 0 Å². The van der Waals surface area contributed by atoms with E-state index in [1.165, 1.54) is 0 Å². The largest absolute Gasteiger partial charge is 0.314 e. The fraction of sp³-hybridized carbons (Fsp3) is 0.444. The highest BCUT2D eigenvalue weighted by molar-refractivity contribution is 6.30. The summed E-state index contributed by atoms with van der Waals surface area (Å²) in [5, 5.41) is 7.18. The second kappa shape index (κ2) is 6.83. The van der Waals surface area contributed by atoms with Crippen LogP contribution in [0.15, 0.2) is 24.5 Å². The molecule has 0 bridgehead atoms. The molecule has 72 valence electrons. The Morgan fingerprint density at radius 1 is 1.00 bits per heavy atom. The molecular formula is C9H14ClN3. The maximum atomic E-state index is 5.50. The molecular weight excluding hydrogens is 186 g/mol. The van der Waals surface area contributed by atoms with E-state index in [4.69, 9.17) is 11.6 Å². The van der Waals surface area contributed by atoms with Crippen LogP contribution in [0.25, 0.3) is 0 Å². The molecule has 13 heavy (non-hydrogen) atoms. The molecule has 0 aliphatic carbocycles. The van der Waals surface area contributed by atoms with Crippen molar-refractivity contribution < 1.29 is 0 Å². The van der Waals surface area contributed by atoms with Crippen LogP contribution in [0.2, 0.25) is 5.02 Å². The lowest BCUT2D eigenvalue weighted by molar-refractivity contribution is 0.534. The molecule has 2 rings (SSSR count). The third-order valence-corrected chi connectivity index (χ3v) is 1.85. The van der Waals surface area contributed by atoms with Crippen molar-refractivity contribution in [1.82, 2.24) is 15.6 Å². The van der Waals surface area contributed by atoms with Crippen LogP contribution >= 0.6 is 11.6 Å². The van der Waals surface area contributed by atoms with Gasteiger partial charge in [-0.25, -0.2) is 0 Å². The zero-order valence-electron chi connectivity index (χ0n) is 7.46. The molecule has 1 saturated heterocycles. The average Bonchev–Trinajstić information content (AvgIpc) is 2.22. The average molecular weight is 200 g/mol. The van der Waals surface area contributed by atoms with E-state index in [2.05, 4.69) is 15.6 Å². The maximum absolute atomic E-state index is 5.50. The molecule has 1 aromatic rings. The van der Waals surface area contributed by atoms with Crippen LogP contribution in [0.3, 0.4) is 0 Å². The van der Waals surface area contributed by atoms with Crippen LogP contribution < -0.4 is 10.6 Å². The van der Waals surface area contributed by atoms with Gasteiger partial charge in [0.05, 0.1) is 0 Å². The van der Waals surface area contributed by atoms with Crippen LogP contribution in [0.1, 0.15) is 0 Å². The molecule has 2 N–H and O–H groups in total. The number of halogens is 1. The number of nitrogens with one attached hydrogen (secondary N) is 2. The Labute approximate surface area is 83.5 Å². The first-order valence-corrected chi connectivity index (χ1v) is 4.74. The minimum Gasteiger partial charge on any atom is -0.314 e. The highest BCUT2D eigenvalue weighted by atomic mass is 35.5. The molecule has 0 spiro atoms. The lowest BCUT2D eigenvalue weighted by atomic mass is 10.4. The van der Waals surface area contributed by atoms with E-state index in [1.807, 2.05) is 0 Å². The molecule has 1 fully saturated rings. The zero-order chi connectivity index (χ0) is 9.36. The summed E-state index contributed by atoms with van der Waals surface area (Å²) < 4.78 is 0. The quantitative estimate of drug-likeness (QED) is 0.653. The highest BCUT2D eigenvalue weighted by Gasteiger charge is 1.91. The predicted octanol–water partition coefficient (Wildman–Crippen LogP) is 0.914. The lowest BCUT2D eigenvalue weighted by Gasteiger charge is -2.11. The van der Waals surface area contributed by atoms with Crippen molar-refractivity contribution >= 4 is 11.6 Å². The lowest BCUT2D eigenvalue weighted by Crippen LogP contribution is -2.39. The minimum absolute atomic E-state index is 0.731. The summed E-state index contributed by atoms with van der Waals surface area (Å²) in [5.41, 5.74) is 0. The zero-order valence-corrected chi connectivity index (χ0v) is 8.22. The second-order valence-electron chi connectivity index (χ2n) is 2.67. The number of pyridine rings is 1. The van der Waals surface area contributed by atoms with Crippen molar-refractivity contribution in [2.45, 2.75) is 0 Å². The van der Waals surface area contributed by atoms with Gasteiger partial charge in [-0.1, -0.05) is 11.6 Å². The van der Waals surface area contributed by atoms with Crippen LogP contribution in [-0.4, -0.2) is 31.2 Å². The van der Waals surface area contributed by atoms with E-state index in [1.54, 1.807) is 24.5 Å². The van der Waals surface area contributed by atoms with Crippen LogP contribution in [0.4, 0.5) is 0 Å². The normalized spacial score (nSPS) is 15.8. The molecule has 0 saturated carbocycles. The van der Waals surface area contributed by atoms with Gasteiger partial charge in [0.2, 0.25) is 0 Å². The first-order valence-electron chi connectivity index (χ1n) is 4.36. The molecule has 3 nitrogen and oxygen atoms in total. The molecule has 0 atom stereocenters. The molecule has 2 heterocycles. The summed E-state index contributed by atoms with van der Waals surface area (Å²) in [6.07, 6.45) is 3.31. The van der Waals surface area contributed by atoms with Crippen molar-refractivity contribution in [2.24, 2.45) is 0 Å². The molecule has 1 aliphatic heterocycles. The monoisotopic (exact) mass is 199 g/mol. The molecule has 1 aliphatic rings. The molecule has 0 aromatic carbocycles. The number of hydrogen-bond acceptors (Lipinski definition) is 3. The Morgan fingerprint density at radius 3 is 1.69 bits per heavy atom. The second-order valence-corrected chi connectivity index (χ2v) is 3.10. The van der Waals surface area contributed by atoms with Crippen molar-refractivity contribution in [3.05, 3.63) is 29.5 Å². The third kappa shape index (κ3) is 5.58.